The lowest BCUT2D eigenvalue weighted by atomic mass is 10.4. The molecule has 2 aromatic rings. The van der Waals surface area contributed by atoms with Gasteiger partial charge >= 0.3 is 4.87 Å². The van der Waals surface area contributed by atoms with E-state index >= 15 is 0 Å². The molecule has 0 radical (unpaired) electrons. The van der Waals surface area contributed by atoms with Gasteiger partial charge in [-0.2, -0.15) is 4.98 Å². The first-order chi connectivity index (χ1) is 9.90. The molecule has 2 rings (SSSR count). The van der Waals surface area contributed by atoms with E-state index in [9.17, 15) is 13.2 Å². The Balaban J connectivity index is 2.49. The zero-order valence-corrected chi connectivity index (χ0v) is 13.4. The standard InChI is InChI=1S/C12H15N3O4S2/c1-4-8-11(20-12(16)13-8)21(17,18)15(2)9-6-5-7-10(14-9)19-3/h5-7H,4H2,1-3H3,(H,13,16). The molecule has 2 aromatic heterocycles. The smallest absolute Gasteiger partial charge is 0.306 e. The van der Waals surface area contributed by atoms with Crippen LogP contribution in [0.5, 0.6) is 5.88 Å². The Kier molecular flexibility index (Phi) is 4.33. The van der Waals surface area contributed by atoms with Crippen molar-refractivity contribution in [3.63, 3.8) is 0 Å². The van der Waals surface area contributed by atoms with Crippen LogP contribution in [0.15, 0.2) is 27.2 Å². The van der Waals surface area contributed by atoms with Crippen molar-refractivity contribution < 1.29 is 13.2 Å². The Labute approximate surface area is 126 Å². The van der Waals surface area contributed by atoms with E-state index in [1.54, 1.807) is 25.1 Å². The van der Waals surface area contributed by atoms with Crippen LogP contribution in [0.25, 0.3) is 0 Å². The summed E-state index contributed by atoms with van der Waals surface area (Å²) < 4.78 is 31.3. The zero-order chi connectivity index (χ0) is 15.6. The minimum Gasteiger partial charge on any atom is -0.481 e. The number of methoxy groups -OCH3 is 1. The van der Waals surface area contributed by atoms with Crippen LogP contribution in [-0.4, -0.2) is 32.5 Å². The van der Waals surface area contributed by atoms with Gasteiger partial charge in [0.2, 0.25) is 5.88 Å². The number of nitrogens with one attached hydrogen (secondary N) is 1. The second kappa shape index (κ2) is 5.86. The molecule has 7 nitrogen and oxygen atoms in total. The molecule has 0 fully saturated rings. The van der Waals surface area contributed by atoms with E-state index in [4.69, 9.17) is 4.74 Å². The van der Waals surface area contributed by atoms with E-state index in [0.717, 1.165) is 4.31 Å². The van der Waals surface area contributed by atoms with Crippen molar-refractivity contribution in [2.45, 2.75) is 17.6 Å². The number of thiazole rings is 1. The van der Waals surface area contributed by atoms with E-state index in [1.807, 2.05) is 0 Å². The van der Waals surface area contributed by atoms with Gasteiger partial charge < -0.3 is 9.72 Å². The highest BCUT2D eigenvalue weighted by Gasteiger charge is 2.27. The Hall–Kier alpha value is -1.87. The summed E-state index contributed by atoms with van der Waals surface area (Å²) >= 11 is 0.679. The molecule has 0 saturated carbocycles. The minimum absolute atomic E-state index is 0.0159. The molecule has 0 aromatic carbocycles. The number of anilines is 1. The highest BCUT2D eigenvalue weighted by Crippen LogP contribution is 2.25. The third kappa shape index (κ3) is 2.93. The second-order valence-electron chi connectivity index (χ2n) is 4.14. The van der Waals surface area contributed by atoms with E-state index in [1.165, 1.54) is 14.2 Å². The minimum atomic E-state index is -3.84. The van der Waals surface area contributed by atoms with Gasteiger partial charge in [-0.25, -0.2) is 8.42 Å². The molecular formula is C12H15N3O4S2. The van der Waals surface area contributed by atoms with Crippen molar-refractivity contribution in [1.82, 2.24) is 9.97 Å². The maximum absolute atomic E-state index is 12.6. The van der Waals surface area contributed by atoms with E-state index < -0.39 is 14.9 Å². The number of pyridine rings is 1. The lowest BCUT2D eigenvalue weighted by Gasteiger charge is -2.18. The van der Waals surface area contributed by atoms with Gasteiger partial charge in [0.1, 0.15) is 5.82 Å². The molecule has 2 heterocycles. The lowest BCUT2D eigenvalue weighted by Crippen LogP contribution is -2.27. The van der Waals surface area contributed by atoms with Gasteiger partial charge in [0.05, 0.1) is 7.11 Å². The van der Waals surface area contributed by atoms with Crippen LogP contribution in [0.4, 0.5) is 5.82 Å². The molecule has 0 aliphatic heterocycles. The molecule has 1 N–H and O–H groups in total. The fraction of sp³-hybridized carbons (Fsp3) is 0.333. The summed E-state index contributed by atoms with van der Waals surface area (Å²) in [7, 11) is -0.995. The van der Waals surface area contributed by atoms with Crippen LogP contribution in [0, 0.1) is 0 Å². The summed E-state index contributed by atoms with van der Waals surface area (Å²) in [5.41, 5.74) is 0.403. The number of aromatic amines is 1. The SMILES string of the molecule is CCc1[nH]c(=O)sc1S(=O)(=O)N(C)c1cccc(OC)n1. The zero-order valence-electron chi connectivity index (χ0n) is 11.8. The van der Waals surface area contributed by atoms with Crippen LogP contribution in [0.3, 0.4) is 0 Å². The molecule has 9 heteroatoms. The normalized spacial score (nSPS) is 11.4. The molecule has 114 valence electrons. The van der Waals surface area contributed by atoms with Gasteiger partial charge in [-0.05, 0) is 12.5 Å². The Morgan fingerprint density at radius 3 is 2.76 bits per heavy atom. The lowest BCUT2D eigenvalue weighted by molar-refractivity contribution is 0.398. The van der Waals surface area contributed by atoms with Crippen molar-refractivity contribution in [3.8, 4) is 5.88 Å². The molecule has 0 aliphatic carbocycles. The van der Waals surface area contributed by atoms with E-state index in [-0.39, 0.29) is 10.0 Å². The average Bonchev–Trinajstić information content (AvgIpc) is 2.88. The van der Waals surface area contributed by atoms with E-state index in [2.05, 4.69) is 9.97 Å². The summed E-state index contributed by atoms with van der Waals surface area (Å²) in [5, 5.41) is 0. The number of hydrogen-bond donors (Lipinski definition) is 1. The number of aromatic nitrogens is 2. The van der Waals surface area contributed by atoms with Crippen LogP contribution in [-0.2, 0) is 16.4 Å². The number of hydrogen-bond acceptors (Lipinski definition) is 6. The van der Waals surface area contributed by atoms with Crippen molar-refractivity contribution in [1.29, 1.82) is 0 Å². The molecule has 0 atom stereocenters. The molecule has 0 unspecified atom stereocenters. The van der Waals surface area contributed by atoms with Gasteiger partial charge in [0.15, 0.2) is 4.21 Å². The number of nitrogens with zero attached hydrogens (tertiary/aromatic N) is 2. The monoisotopic (exact) mass is 329 g/mol. The number of ether oxygens (including phenoxy) is 1. The Bertz CT molecular complexity index is 795. The molecular weight excluding hydrogens is 314 g/mol. The quantitative estimate of drug-likeness (QED) is 0.890. The Morgan fingerprint density at radius 1 is 1.43 bits per heavy atom. The largest absolute Gasteiger partial charge is 0.481 e. The average molecular weight is 329 g/mol. The predicted molar refractivity (Wildman–Crippen MR) is 80.7 cm³/mol. The van der Waals surface area contributed by atoms with Crippen molar-refractivity contribution in [3.05, 3.63) is 33.6 Å². The van der Waals surface area contributed by atoms with Gasteiger partial charge in [-0.3, -0.25) is 9.10 Å². The van der Waals surface area contributed by atoms with Gasteiger partial charge in [0, 0.05) is 18.8 Å². The molecule has 0 spiro atoms. The Morgan fingerprint density at radius 2 is 2.14 bits per heavy atom. The number of rotatable bonds is 5. The molecule has 21 heavy (non-hydrogen) atoms. The summed E-state index contributed by atoms with van der Waals surface area (Å²) in [6.07, 6.45) is 0.423. The molecule has 0 saturated heterocycles. The number of sulfonamides is 1. The van der Waals surface area contributed by atoms with Crippen LogP contribution in [0.1, 0.15) is 12.6 Å². The third-order valence-electron chi connectivity index (χ3n) is 2.87. The second-order valence-corrected chi connectivity index (χ2v) is 7.29. The number of aryl methyl sites for hydroxylation is 1. The topological polar surface area (TPSA) is 92.4 Å². The first-order valence-electron chi connectivity index (χ1n) is 6.12. The van der Waals surface area contributed by atoms with Crippen LogP contribution in [0.2, 0.25) is 0 Å². The third-order valence-corrected chi connectivity index (χ3v) is 6.10. The highest BCUT2D eigenvalue weighted by atomic mass is 32.2. The van der Waals surface area contributed by atoms with E-state index in [0.29, 0.717) is 29.3 Å². The van der Waals surface area contributed by atoms with Gasteiger partial charge in [-0.15, -0.1) is 0 Å². The fourth-order valence-electron chi connectivity index (χ4n) is 1.73. The summed E-state index contributed by atoms with van der Waals surface area (Å²) in [6.45, 7) is 1.78. The summed E-state index contributed by atoms with van der Waals surface area (Å²) in [5.74, 6) is 0.532. The highest BCUT2D eigenvalue weighted by molar-refractivity contribution is 7.94. The number of H-pyrrole nitrogens is 1. The predicted octanol–water partition coefficient (Wildman–Crippen LogP) is 1.23. The van der Waals surface area contributed by atoms with Crippen molar-refractivity contribution in [2.24, 2.45) is 0 Å². The van der Waals surface area contributed by atoms with Crippen LogP contribution < -0.4 is 13.9 Å². The fourth-order valence-corrected chi connectivity index (χ4v) is 4.48. The van der Waals surface area contributed by atoms with Crippen LogP contribution >= 0.6 is 11.3 Å². The molecule has 0 bridgehead atoms. The van der Waals surface area contributed by atoms with Gasteiger partial charge in [0.25, 0.3) is 10.0 Å². The summed E-state index contributed by atoms with van der Waals surface area (Å²) in [6, 6.07) is 4.82. The maximum Gasteiger partial charge on any atom is 0.306 e. The van der Waals surface area contributed by atoms with Gasteiger partial charge in [-0.1, -0.05) is 24.3 Å². The van der Waals surface area contributed by atoms with Crippen molar-refractivity contribution in [2.75, 3.05) is 18.5 Å². The summed E-state index contributed by atoms with van der Waals surface area (Å²) in [4.78, 5) is 17.7. The molecule has 0 amide bonds. The first kappa shape index (κ1) is 15.5. The first-order valence-corrected chi connectivity index (χ1v) is 8.37. The molecule has 0 aliphatic rings. The van der Waals surface area contributed by atoms with Crippen molar-refractivity contribution >= 4 is 27.2 Å². The maximum atomic E-state index is 12.6.